The number of piperidine rings is 1. The van der Waals surface area contributed by atoms with Gasteiger partial charge in [-0.05, 0) is 37.1 Å². The predicted molar refractivity (Wildman–Crippen MR) is 103 cm³/mol. The lowest BCUT2D eigenvalue weighted by molar-refractivity contribution is 0.145. The number of aliphatic hydroxyl groups excluding tert-OH is 1. The van der Waals surface area contributed by atoms with Gasteiger partial charge in [-0.25, -0.2) is 4.79 Å². The Kier molecular flexibility index (Phi) is 4.67. The maximum atomic E-state index is 12.1. The summed E-state index contributed by atoms with van der Waals surface area (Å²) in [5.41, 5.74) is 3.62. The lowest BCUT2D eigenvalue weighted by Gasteiger charge is -2.33. The van der Waals surface area contributed by atoms with Crippen LogP contribution >= 0.6 is 0 Å². The molecule has 3 aromatic rings. The van der Waals surface area contributed by atoms with Crippen molar-refractivity contribution in [2.45, 2.75) is 25.5 Å². The number of nitrogens with one attached hydrogen (secondary N) is 1. The molecule has 0 aliphatic carbocycles. The lowest BCUT2D eigenvalue weighted by atomic mass is 10.1. The number of hydrogen-bond donors (Lipinski definition) is 2. The molecular weight excluding hydrogens is 330 g/mol. The van der Waals surface area contributed by atoms with Crippen LogP contribution < -0.4 is 16.0 Å². The molecular formula is C20H23N3O3. The minimum atomic E-state index is -0.327. The number of aliphatic hydroxyl groups is 1. The third-order valence-corrected chi connectivity index (χ3v) is 4.93. The second-order valence-corrected chi connectivity index (χ2v) is 6.65. The predicted octanol–water partition coefficient (Wildman–Crippen LogP) is 2.67. The van der Waals surface area contributed by atoms with Gasteiger partial charge in [-0.2, -0.15) is 0 Å². The summed E-state index contributed by atoms with van der Waals surface area (Å²) in [4.78, 5) is 14.4. The number of anilines is 2. The van der Waals surface area contributed by atoms with Gasteiger partial charge >= 0.3 is 5.76 Å². The standard InChI is InChI=1S/C20H23N3O3/c24-15-9-12-22(13-10-15)17-6-2-1-5-16(17)21-11-14-23-18-7-3-4-8-19(18)26-20(23)25/h1-8,15,21,24H,9-14H2. The maximum Gasteiger partial charge on any atom is 0.420 e. The molecule has 2 aromatic carbocycles. The Labute approximate surface area is 151 Å². The summed E-state index contributed by atoms with van der Waals surface area (Å²) in [5.74, 6) is -0.327. The van der Waals surface area contributed by atoms with Crippen molar-refractivity contribution in [3.05, 3.63) is 59.1 Å². The Bertz CT molecular complexity index is 939. The van der Waals surface area contributed by atoms with Crippen LogP contribution in [0.25, 0.3) is 11.1 Å². The average molecular weight is 353 g/mol. The van der Waals surface area contributed by atoms with E-state index in [1.807, 2.05) is 30.3 Å². The molecule has 0 amide bonds. The van der Waals surface area contributed by atoms with Gasteiger partial charge in [0.2, 0.25) is 0 Å². The van der Waals surface area contributed by atoms with Crippen molar-refractivity contribution < 1.29 is 9.52 Å². The Morgan fingerprint density at radius 1 is 1.08 bits per heavy atom. The summed E-state index contributed by atoms with van der Waals surface area (Å²) in [6.07, 6.45) is 1.41. The van der Waals surface area contributed by atoms with Gasteiger partial charge < -0.3 is 19.7 Å². The Morgan fingerprint density at radius 3 is 2.65 bits per heavy atom. The van der Waals surface area contributed by atoms with Crippen LogP contribution in [-0.4, -0.2) is 35.4 Å². The van der Waals surface area contributed by atoms with Gasteiger partial charge in [-0.1, -0.05) is 24.3 Å². The van der Waals surface area contributed by atoms with Gasteiger partial charge in [0, 0.05) is 26.2 Å². The Balaban J connectivity index is 1.47. The molecule has 6 nitrogen and oxygen atoms in total. The highest BCUT2D eigenvalue weighted by Gasteiger charge is 2.19. The highest BCUT2D eigenvalue weighted by molar-refractivity contribution is 5.73. The van der Waals surface area contributed by atoms with Crippen molar-refractivity contribution in [1.29, 1.82) is 0 Å². The Hall–Kier alpha value is -2.73. The number of aromatic nitrogens is 1. The molecule has 1 saturated heterocycles. The number of oxazole rings is 1. The maximum absolute atomic E-state index is 12.1. The number of fused-ring (bicyclic) bond motifs is 1. The minimum absolute atomic E-state index is 0.187. The molecule has 1 fully saturated rings. The highest BCUT2D eigenvalue weighted by Crippen LogP contribution is 2.28. The monoisotopic (exact) mass is 353 g/mol. The van der Waals surface area contributed by atoms with Crippen LogP contribution in [0.1, 0.15) is 12.8 Å². The van der Waals surface area contributed by atoms with Crippen molar-refractivity contribution in [2.24, 2.45) is 0 Å². The molecule has 0 spiro atoms. The first-order chi connectivity index (χ1) is 12.7. The molecule has 0 unspecified atom stereocenters. The molecule has 26 heavy (non-hydrogen) atoms. The first-order valence-corrected chi connectivity index (χ1v) is 9.06. The number of hydrogen-bond acceptors (Lipinski definition) is 5. The number of benzene rings is 2. The van der Waals surface area contributed by atoms with Gasteiger partial charge in [0.15, 0.2) is 5.58 Å². The molecule has 0 radical (unpaired) electrons. The van der Waals surface area contributed by atoms with Crippen molar-refractivity contribution in [2.75, 3.05) is 29.9 Å². The van der Waals surface area contributed by atoms with Crippen molar-refractivity contribution in [3.63, 3.8) is 0 Å². The van der Waals surface area contributed by atoms with E-state index in [0.717, 1.165) is 42.8 Å². The fourth-order valence-corrected chi connectivity index (χ4v) is 3.53. The number of para-hydroxylation sites is 4. The van der Waals surface area contributed by atoms with Crippen LogP contribution in [-0.2, 0) is 6.54 Å². The third kappa shape index (κ3) is 3.32. The van der Waals surface area contributed by atoms with E-state index in [2.05, 4.69) is 22.3 Å². The van der Waals surface area contributed by atoms with Gasteiger partial charge in [0.05, 0.1) is 23.0 Å². The van der Waals surface area contributed by atoms with E-state index in [1.54, 1.807) is 10.6 Å². The van der Waals surface area contributed by atoms with Crippen LogP contribution in [0.5, 0.6) is 0 Å². The number of rotatable bonds is 5. The van der Waals surface area contributed by atoms with Crippen molar-refractivity contribution in [3.8, 4) is 0 Å². The molecule has 1 aliphatic heterocycles. The van der Waals surface area contributed by atoms with Crippen LogP contribution in [0.15, 0.2) is 57.7 Å². The molecule has 1 aliphatic rings. The average Bonchev–Trinajstić information content (AvgIpc) is 2.98. The van der Waals surface area contributed by atoms with E-state index in [4.69, 9.17) is 4.42 Å². The molecule has 1 aromatic heterocycles. The van der Waals surface area contributed by atoms with Crippen LogP contribution in [0.3, 0.4) is 0 Å². The molecule has 0 bridgehead atoms. The third-order valence-electron chi connectivity index (χ3n) is 4.93. The van der Waals surface area contributed by atoms with Gasteiger partial charge in [-0.3, -0.25) is 4.57 Å². The van der Waals surface area contributed by atoms with E-state index >= 15 is 0 Å². The van der Waals surface area contributed by atoms with Gasteiger partial charge in [0.1, 0.15) is 0 Å². The first-order valence-electron chi connectivity index (χ1n) is 9.06. The smallest absolute Gasteiger partial charge is 0.408 e. The normalized spacial score (nSPS) is 15.5. The van der Waals surface area contributed by atoms with Crippen LogP contribution in [0, 0.1) is 0 Å². The van der Waals surface area contributed by atoms with E-state index in [0.29, 0.717) is 18.7 Å². The number of nitrogens with zero attached hydrogens (tertiary/aromatic N) is 2. The SMILES string of the molecule is O=c1oc2ccccc2n1CCNc1ccccc1N1CCC(O)CC1. The molecule has 2 heterocycles. The van der Waals surface area contributed by atoms with Gasteiger partial charge in [-0.15, -0.1) is 0 Å². The molecule has 2 N–H and O–H groups in total. The first kappa shape index (κ1) is 16.7. The quantitative estimate of drug-likeness (QED) is 0.738. The fourth-order valence-electron chi connectivity index (χ4n) is 3.53. The highest BCUT2D eigenvalue weighted by atomic mass is 16.4. The summed E-state index contributed by atoms with van der Waals surface area (Å²) in [6, 6.07) is 15.6. The largest absolute Gasteiger partial charge is 0.420 e. The van der Waals surface area contributed by atoms with E-state index in [9.17, 15) is 9.90 Å². The molecule has 6 heteroatoms. The van der Waals surface area contributed by atoms with Crippen molar-refractivity contribution >= 4 is 22.5 Å². The summed E-state index contributed by atoms with van der Waals surface area (Å²) >= 11 is 0. The zero-order valence-corrected chi connectivity index (χ0v) is 14.6. The lowest BCUT2D eigenvalue weighted by Crippen LogP contribution is -2.36. The summed E-state index contributed by atoms with van der Waals surface area (Å²) in [5, 5.41) is 13.2. The fraction of sp³-hybridized carbons (Fsp3) is 0.350. The van der Waals surface area contributed by atoms with Crippen LogP contribution in [0.4, 0.5) is 11.4 Å². The second kappa shape index (κ2) is 7.25. The molecule has 0 saturated carbocycles. The summed E-state index contributed by atoms with van der Waals surface area (Å²) < 4.78 is 6.93. The summed E-state index contributed by atoms with van der Waals surface area (Å²) in [6.45, 7) is 2.86. The zero-order valence-electron chi connectivity index (χ0n) is 14.6. The topological polar surface area (TPSA) is 70.6 Å². The molecule has 4 rings (SSSR count). The second-order valence-electron chi connectivity index (χ2n) is 6.65. The van der Waals surface area contributed by atoms with Gasteiger partial charge in [0.25, 0.3) is 0 Å². The Morgan fingerprint density at radius 2 is 1.81 bits per heavy atom. The van der Waals surface area contributed by atoms with E-state index in [1.165, 1.54) is 0 Å². The minimum Gasteiger partial charge on any atom is -0.408 e. The van der Waals surface area contributed by atoms with Crippen LogP contribution in [0.2, 0.25) is 0 Å². The summed E-state index contributed by atoms with van der Waals surface area (Å²) in [7, 11) is 0. The molecule has 136 valence electrons. The zero-order chi connectivity index (χ0) is 17.9. The van der Waals surface area contributed by atoms with E-state index < -0.39 is 0 Å². The molecule has 0 atom stereocenters. The van der Waals surface area contributed by atoms with E-state index in [-0.39, 0.29) is 11.9 Å². The van der Waals surface area contributed by atoms with Crippen molar-refractivity contribution in [1.82, 2.24) is 4.57 Å².